The average Bonchev–Trinajstić information content (AvgIpc) is 2.37. The molecule has 5 heteroatoms. The van der Waals surface area contributed by atoms with Gasteiger partial charge in [0.15, 0.2) is 0 Å². The van der Waals surface area contributed by atoms with Gasteiger partial charge in [0.05, 0.1) is 16.3 Å². The van der Waals surface area contributed by atoms with Gasteiger partial charge < -0.3 is 16.4 Å². The predicted molar refractivity (Wildman–Crippen MR) is 78.6 cm³/mol. The summed E-state index contributed by atoms with van der Waals surface area (Å²) in [7, 11) is 0. The molecule has 2 atom stereocenters. The van der Waals surface area contributed by atoms with Crippen molar-refractivity contribution in [1.29, 1.82) is 0 Å². The minimum absolute atomic E-state index is 0.236. The first kappa shape index (κ1) is 14.2. The molecule has 2 rings (SSSR count). The maximum atomic E-state index is 11.6. The van der Waals surface area contributed by atoms with Gasteiger partial charge in [0.25, 0.3) is 5.91 Å². The van der Waals surface area contributed by atoms with Gasteiger partial charge in [-0.05, 0) is 30.9 Å². The minimum Gasteiger partial charge on any atom is -0.367 e. The van der Waals surface area contributed by atoms with E-state index in [4.69, 9.17) is 23.1 Å². The summed E-state index contributed by atoms with van der Waals surface area (Å²) in [5.74, 6) is 0.163. The highest BCUT2D eigenvalue weighted by Crippen LogP contribution is 2.33. The second kappa shape index (κ2) is 5.80. The molecule has 1 saturated heterocycles. The number of piperidine rings is 1. The number of carbonyl (C=O) groups is 1. The van der Waals surface area contributed by atoms with Crippen molar-refractivity contribution in [2.45, 2.75) is 25.8 Å². The van der Waals surface area contributed by atoms with Crippen LogP contribution >= 0.6 is 11.6 Å². The van der Waals surface area contributed by atoms with Crippen LogP contribution in [0, 0.1) is 5.92 Å². The number of nitrogens with zero attached hydrogens (tertiary/aromatic N) is 1. The van der Waals surface area contributed by atoms with Gasteiger partial charge in [0.1, 0.15) is 0 Å². The SMILES string of the molecule is CC1CCN(c2cccc(Cl)c2C(N)=O)C(CN)C1. The number of nitrogens with two attached hydrogens (primary N) is 2. The summed E-state index contributed by atoms with van der Waals surface area (Å²) >= 11 is 6.10. The van der Waals surface area contributed by atoms with E-state index < -0.39 is 5.91 Å². The monoisotopic (exact) mass is 281 g/mol. The maximum absolute atomic E-state index is 11.6. The average molecular weight is 282 g/mol. The summed E-state index contributed by atoms with van der Waals surface area (Å²) < 4.78 is 0. The standard InChI is InChI=1S/C14H20ClN3O/c1-9-5-6-18(10(7-9)8-16)12-4-2-3-11(15)13(12)14(17)19/h2-4,9-10H,5-8,16H2,1H3,(H2,17,19). The van der Waals surface area contributed by atoms with Crippen molar-refractivity contribution in [2.75, 3.05) is 18.0 Å². The molecule has 1 aromatic carbocycles. The normalized spacial score (nSPS) is 23.4. The number of benzene rings is 1. The molecule has 0 radical (unpaired) electrons. The first-order chi connectivity index (χ1) is 9.04. The third kappa shape index (κ3) is 2.85. The topological polar surface area (TPSA) is 72.3 Å². The molecule has 1 fully saturated rings. The van der Waals surface area contributed by atoms with Gasteiger partial charge >= 0.3 is 0 Å². The number of carbonyl (C=O) groups excluding carboxylic acids is 1. The lowest BCUT2D eigenvalue weighted by Crippen LogP contribution is -2.47. The Morgan fingerprint density at radius 1 is 1.53 bits per heavy atom. The van der Waals surface area contributed by atoms with Crippen LogP contribution in [-0.4, -0.2) is 25.0 Å². The van der Waals surface area contributed by atoms with Crippen molar-refractivity contribution in [3.8, 4) is 0 Å². The Labute approximate surface area is 118 Å². The van der Waals surface area contributed by atoms with Gasteiger partial charge in [-0.2, -0.15) is 0 Å². The molecule has 19 heavy (non-hydrogen) atoms. The molecule has 0 bridgehead atoms. The van der Waals surface area contributed by atoms with Crippen LogP contribution in [-0.2, 0) is 0 Å². The molecule has 0 aliphatic carbocycles. The van der Waals surface area contributed by atoms with Crippen LogP contribution in [0.25, 0.3) is 0 Å². The summed E-state index contributed by atoms with van der Waals surface area (Å²) in [5.41, 5.74) is 12.5. The van der Waals surface area contributed by atoms with E-state index >= 15 is 0 Å². The van der Waals surface area contributed by atoms with Crippen LogP contribution in [0.3, 0.4) is 0 Å². The molecule has 4 nitrogen and oxygen atoms in total. The van der Waals surface area contributed by atoms with Crippen molar-refractivity contribution in [3.63, 3.8) is 0 Å². The van der Waals surface area contributed by atoms with Crippen LogP contribution in [0.15, 0.2) is 18.2 Å². The lowest BCUT2D eigenvalue weighted by Gasteiger charge is -2.40. The van der Waals surface area contributed by atoms with Crippen LogP contribution < -0.4 is 16.4 Å². The number of hydrogen-bond donors (Lipinski definition) is 2. The number of hydrogen-bond acceptors (Lipinski definition) is 3. The van der Waals surface area contributed by atoms with Crippen molar-refractivity contribution in [3.05, 3.63) is 28.8 Å². The zero-order valence-corrected chi connectivity index (χ0v) is 11.9. The second-order valence-corrected chi connectivity index (χ2v) is 5.62. The van der Waals surface area contributed by atoms with E-state index in [1.54, 1.807) is 6.07 Å². The highest BCUT2D eigenvalue weighted by molar-refractivity contribution is 6.34. The summed E-state index contributed by atoms with van der Waals surface area (Å²) in [6.07, 6.45) is 2.11. The van der Waals surface area contributed by atoms with E-state index in [-0.39, 0.29) is 6.04 Å². The van der Waals surface area contributed by atoms with Crippen LogP contribution in [0.4, 0.5) is 5.69 Å². The zero-order chi connectivity index (χ0) is 14.0. The third-order valence-electron chi connectivity index (χ3n) is 3.80. The van der Waals surface area contributed by atoms with Crippen molar-refractivity contribution in [1.82, 2.24) is 0 Å². The number of rotatable bonds is 3. The van der Waals surface area contributed by atoms with Crippen LogP contribution in [0.2, 0.25) is 5.02 Å². The summed E-state index contributed by atoms with van der Waals surface area (Å²) in [4.78, 5) is 13.8. The molecule has 1 heterocycles. The maximum Gasteiger partial charge on any atom is 0.252 e. The quantitative estimate of drug-likeness (QED) is 0.890. The van der Waals surface area contributed by atoms with Crippen LogP contribution in [0.1, 0.15) is 30.1 Å². The second-order valence-electron chi connectivity index (χ2n) is 5.21. The summed E-state index contributed by atoms with van der Waals surface area (Å²) in [6.45, 7) is 3.67. The van der Waals surface area contributed by atoms with E-state index in [2.05, 4.69) is 11.8 Å². The van der Waals surface area contributed by atoms with Gasteiger partial charge in [0, 0.05) is 19.1 Å². The molecule has 4 N–H and O–H groups in total. The fourth-order valence-electron chi connectivity index (χ4n) is 2.79. The Balaban J connectivity index is 2.40. The largest absolute Gasteiger partial charge is 0.367 e. The molecule has 1 amide bonds. The molecular weight excluding hydrogens is 262 g/mol. The number of anilines is 1. The number of primary amides is 1. The molecule has 104 valence electrons. The molecule has 0 aromatic heterocycles. The Bertz CT molecular complexity index is 478. The Morgan fingerprint density at radius 3 is 2.89 bits per heavy atom. The molecule has 1 aromatic rings. The Kier molecular flexibility index (Phi) is 4.32. The van der Waals surface area contributed by atoms with E-state index in [1.807, 2.05) is 12.1 Å². The van der Waals surface area contributed by atoms with E-state index in [0.717, 1.165) is 25.1 Å². The fourth-order valence-corrected chi connectivity index (χ4v) is 3.05. The van der Waals surface area contributed by atoms with Crippen molar-refractivity contribution in [2.24, 2.45) is 17.4 Å². The van der Waals surface area contributed by atoms with Gasteiger partial charge in [-0.15, -0.1) is 0 Å². The zero-order valence-electron chi connectivity index (χ0n) is 11.1. The number of halogens is 1. The van der Waals surface area contributed by atoms with Crippen LogP contribution in [0.5, 0.6) is 0 Å². The van der Waals surface area contributed by atoms with Gasteiger partial charge in [-0.25, -0.2) is 0 Å². The minimum atomic E-state index is -0.491. The Morgan fingerprint density at radius 2 is 2.26 bits per heavy atom. The van der Waals surface area contributed by atoms with Crippen molar-refractivity contribution >= 4 is 23.2 Å². The molecule has 1 aliphatic heterocycles. The first-order valence-electron chi connectivity index (χ1n) is 6.59. The van der Waals surface area contributed by atoms with Gasteiger partial charge in [0.2, 0.25) is 0 Å². The lowest BCUT2D eigenvalue weighted by atomic mass is 9.91. The highest BCUT2D eigenvalue weighted by atomic mass is 35.5. The molecular formula is C14H20ClN3O. The summed E-state index contributed by atoms with van der Waals surface area (Å²) in [5, 5.41) is 0.402. The van der Waals surface area contributed by atoms with E-state index in [1.165, 1.54) is 0 Å². The highest BCUT2D eigenvalue weighted by Gasteiger charge is 2.28. The molecule has 0 saturated carbocycles. The lowest BCUT2D eigenvalue weighted by molar-refractivity contribution is 0.100. The first-order valence-corrected chi connectivity index (χ1v) is 6.97. The fraction of sp³-hybridized carbons (Fsp3) is 0.500. The number of amides is 1. The van der Waals surface area contributed by atoms with Gasteiger partial charge in [-0.1, -0.05) is 24.6 Å². The summed E-state index contributed by atoms with van der Waals surface area (Å²) in [6, 6.07) is 5.66. The van der Waals surface area contributed by atoms with E-state index in [9.17, 15) is 4.79 Å². The van der Waals surface area contributed by atoms with Crippen molar-refractivity contribution < 1.29 is 4.79 Å². The van der Waals surface area contributed by atoms with E-state index in [0.29, 0.717) is 23.0 Å². The molecule has 2 unspecified atom stereocenters. The predicted octanol–water partition coefficient (Wildman–Crippen LogP) is 2.00. The third-order valence-corrected chi connectivity index (χ3v) is 4.11. The molecule has 0 spiro atoms. The Hall–Kier alpha value is -1.26. The van der Waals surface area contributed by atoms with Gasteiger partial charge in [-0.3, -0.25) is 4.79 Å². The smallest absolute Gasteiger partial charge is 0.252 e. The molecule has 1 aliphatic rings.